The molecule has 0 spiro atoms. The van der Waals surface area contributed by atoms with Crippen molar-refractivity contribution in [2.75, 3.05) is 25.1 Å². The molecule has 8 nitrogen and oxygen atoms in total. The Hall–Kier alpha value is -1.97. The highest BCUT2D eigenvalue weighted by molar-refractivity contribution is 7.90. The Kier molecular flexibility index (Phi) is 8.01. The summed E-state index contributed by atoms with van der Waals surface area (Å²) in [5, 5.41) is 2.15. The molecule has 0 aliphatic carbocycles. The molecular formula is C16H25N3O5S. The molecule has 2 amide bonds. The number of anilines is 1. The highest BCUT2D eigenvalue weighted by Gasteiger charge is 2.17. The van der Waals surface area contributed by atoms with Crippen molar-refractivity contribution < 1.29 is 22.7 Å². The highest BCUT2D eigenvalue weighted by Crippen LogP contribution is 2.18. The first-order valence-electron chi connectivity index (χ1n) is 7.86. The molecular weight excluding hydrogens is 346 g/mol. The molecule has 0 fully saturated rings. The summed E-state index contributed by atoms with van der Waals surface area (Å²) >= 11 is 0. The molecule has 0 saturated carbocycles. The van der Waals surface area contributed by atoms with E-state index in [0.717, 1.165) is 5.56 Å². The van der Waals surface area contributed by atoms with E-state index in [1.54, 1.807) is 26.0 Å². The molecule has 1 aromatic carbocycles. The second kappa shape index (κ2) is 9.50. The number of sulfonamides is 1. The first-order chi connectivity index (χ1) is 11.6. The maximum atomic E-state index is 11.8. The maximum Gasteiger partial charge on any atom is 0.250 e. The van der Waals surface area contributed by atoms with Crippen LogP contribution < -0.4 is 15.8 Å². The predicted molar refractivity (Wildman–Crippen MR) is 95.6 cm³/mol. The maximum absolute atomic E-state index is 11.8. The van der Waals surface area contributed by atoms with Crippen molar-refractivity contribution in [3.05, 3.63) is 29.8 Å². The van der Waals surface area contributed by atoms with Gasteiger partial charge < -0.3 is 15.8 Å². The van der Waals surface area contributed by atoms with Crippen LogP contribution in [0.15, 0.2) is 24.3 Å². The number of carbonyl (C=O) groups excluding carboxylic acids is 2. The van der Waals surface area contributed by atoms with Crippen molar-refractivity contribution in [1.82, 2.24) is 4.72 Å². The van der Waals surface area contributed by atoms with Gasteiger partial charge in [-0.05, 0) is 37.5 Å². The Morgan fingerprint density at radius 1 is 1.12 bits per heavy atom. The van der Waals surface area contributed by atoms with Gasteiger partial charge in [-0.1, -0.05) is 19.1 Å². The lowest BCUT2D eigenvalue weighted by atomic mass is 10.0. The van der Waals surface area contributed by atoms with Crippen LogP contribution in [0.2, 0.25) is 0 Å². The van der Waals surface area contributed by atoms with Crippen LogP contribution in [0.25, 0.3) is 0 Å². The topological polar surface area (TPSA) is 128 Å². The van der Waals surface area contributed by atoms with E-state index in [1.165, 1.54) is 0 Å². The zero-order valence-corrected chi connectivity index (χ0v) is 15.4. The third-order valence-electron chi connectivity index (χ3n) is 3.45. The Morgan fingerprint density at radius 3 is 2.24 bits per heavy atom. The molecule has 4 N–H and O–H groups in total. The van der Waals surface area contributed by atoms with Gasteiger partial charge in [-0.2, -0.15) is 0 Å². The van der Waals surface area contributed by atoms with Crippen molar-refractivity contribution in [2.24, 2.45) is 5.73 Å². The van der Waals surface area contributed by atoms with Gasteiger partial charge in [0.1, 0.15) is 13.2 Å². The number of primary amides is 1. The number of carbonyl (C=O) groups is 2. The second-order valence-corrected chi connectivity index (χ2v) is 8.29. The number of rotatable bonds is 10. The standard InChI is InChI=1S/C16H25N3O5S/c1-11(2)25(22,23)18-8-12(3)13-4-6-14(7-5-13)19-16(21)10-24-9-15(17)20/h4-7,11-12,18H,8-10H2,1-3H3,(H2,17,20)(H,19,21). The molecule has 0 radical (unpaired) electrons. The second-order valence-electron chi connectivity index (χ2n) is 5.97. The fraction of sp³-hybridized carbons (Fsp3) is 0.500. The Bertz CT molecular complexity index is 686. The van der Waals surface area contributed by atoms with Crippen molar-refractivity contribution in [3.8, 4) is 0 Å². The third-order valence-corrected chi connectivity index (χ3v) is 5.26. The number of amides is 2. The summed E-state index contributed by atoms with van der Waals surface area (Å²) in [6, 6.07) is 7.06. The fourth-order valence-electron chi connectivity index (χ4n) is 1.86. The number of nitrogens with two attached hydrogens (primary N) is 1. The predicted octanol–water partition coefficient (Wildman–Crippen LogP) is 0.558. The van der Waals surface area contributed by atoms with E-state index in [-0.39, 0.29) is 19.1 Å². The van der Waals surface area contributed by atoms with Crippen molar-refractivity contribution in [2.45, 2.75) is 31.9 Å². The van der Waals surface area contributed by atoms with Gasteiger partial charge in [0.25, 0.3) is 0 Å². The lowest BCUT2D eigenvalue weighted by molar-refractivity contribution is -0.126. The zero-order chi connectivity index (χ0) is 19.0. The van der Waals surface area contributed by atoms with E-state index >= 15 is 0 Å². The molecule has 0 bridgehead atoms. The van der Waals surface area contributed by atoms with E-state index in [9.17, 15) is 18.0 Å². The first kappa shape index (κ1) is 21.1. The molecule has 140 valence electrons. The highest BCUT2D eigenvalue weighted by atomic mass is 32.2. The molecule has 1 rings (SSSR count). The molecule has 0 aromatic heterocycles. The van der Waals surface area contributed by atoms with Gasteiger partial charge in [-0.15, -0.1) is 0 Å². The van der Waals surface area contributed by atoms with Crippen LogP contribution >= 0.6 is 0 Å². The quantitative estimate of drug-likeness (QED) is 0.554. The largest absolute Gasteiger partial charge is 0.368 e. The minimum atomic E-state index is -3.29. The first-order valence-corrected chi connectivity index (χ1v) is 9.40. The molecule has 0 aliphatic heterocycles. The van der Waals surface area contributed by atoms with Gasteiger partial charge in [-0.3, -0.25) is 9.59 Å². The van der Waals surface area contributed by atoms with E-state index in [0.29, 0.717) is 12.2 Å². The van der Waals surface area contributed by atoms with Gasteiger partial charge >= 0.3 is 0 Å². The van der Waals surface area contributed by atoms with Crippen molar-refractivity contribution >= 4 is 27.5 Å². The normalized spacial score (nSPS) is 12.8. The van der Waals surface area contributed by atoms with Crippen LogP contribution in [0.3, 0.4) is 0 Å². The van der Waals surface area contributed by atoms with Crippen LogP contribution in [0, 0.1) is 0 Å². The molecule has 9 heteroatoms. The summed E-state index contributed by atoms with van der Waals surface area (Å²) in [4.78, 5) is 22.1. The van der Waals surface area contributed by atoms with Crippen molar-refractivity contribution in [3.63, 3.8) is 0 Å². The Balaban J connectivity index is 2.52. The number of benzene rings is 1. The summed E-state index contributed by atoms with van der Waals surface area (Å²) in [5.41, 5.74) is 6.42. The Morgan fingerprint density at radius 2 is 1.72 bits per heavy atom. The molecule has 1 atom stereocenters. The molecule has 0 aliphatic rings. The average molecular weight is 371 g/mol. The summed E-state index contributed by atoms with van der Waals surface area (Å²) < 4.78 is 30.9. The molecule has 1 unspecified atom stereocenters. The lowest BCUT2D eigenvalue weighted by Crippen LogP contribution is -2.33. The van der Waals surface area contributed by atoms with Gasteiger partial charge in [0.05, 0.1) is 5.25 Å². The summed E-state index contributed by atoms with van der Waals surface area (Å²) in [6.45, 7) is 4.88. The van der Waals surface area contributed by atoms with Gasteiger partial charge in [0.2, 0.25) is 21.8 Å². The van der Waals surface area contributed by atoms with Crippen molar-refractivity contribution in [1.29, 1.82) is 0 Å². The molecule has 1 aromatic rings. The Labute approximate surface area is 148 Å². The summed E-state index contributed by atoms with van der Waals surface area (Å²) in [5.74, 6) is -1.05. The monoisotopic (exact) mass is 371 g/mol. The van der Waals surface area contributed by atoms with E-state index in [4.69, 9.17) is 10.5 Å². The molecule has 25 heavy (non-hydrogen) atoms. The van der Waals surface area contributed by atoms with E-state index < -0.39 is 27.1 Å². The minimum Gasteiger partial charge on any atom is -0.368 e. The molecule has 0 heterocycles. The SMILES string of the molecule is CC(CNS(=O)(=O)C(C)C)c1ccc(NC(=O)COCC(N)=O)cc1. The zero-order valence-electron chi connectivity index (χ0n) is 14.6. The van der Waals surface area contributed by atoms with E-state index in [2.05, 4.69) is 10.0 Å². The van der Waals surface area contributed by atoms with Gasteiger partial charge in [0.15, 0.2) is 0 Å². The number of ether oxygens (including phenoxy) is 1. The van der Waals surface area contributed by atoms with Gasteiger partial charge in [0, 0.05) is 12.2 Å². The molecule has 0 saturated heterocycles. The van der Waals surface area contributed by atoms with Crippen LogP contribution in [0.1, 0.15) is 32.3 Å². The number of nitrogens with one attached hydrogen (secondary N) is 2. The van der Waals surface area contributed by atoms with E-state index in [1.807, 2.05) is 19.1 Å². The smallest absolute Gasteiger partial charge is 0.250 e. The summed E-state index contributed by atoms with van der Waals surface area (Å²) in [6.07, 6.45) is 0. The fourth-order valence-corrected chi connectivity index (χ4v) is 2.68. The van der Waals surface area contributed by atoms with Gasteiger partial charge in [-0.25, -0.2) is 13.1 Å². The minimum absolute atomic E-state index is 0.0165. The summed E-state index contributed by atoms with van der Waals surface area (Å²) in [7, 11) is -3.29. The van der Waals surface area contributed by atoms with Crippen LogP contribution in [-0.2, 0) is 24.3 Å². The van der Waals surface area contributed by atoms with Crippen LogP contribution in [-0.4, -0.2) is 45.2 Å². The number of hydrogen-bond donors (Lipinski definition) is 3. The van der Waals surface area contributed by atoms with Crippen LogP contribution in [0.4, 0.5) is 5.69 Å². The number of hydrogen-bond acceptors (Lipinski definition) is 5. The third kappa shape index (κ3) is 7.63. The average Bonchev–Trinajstić information content (AvgIpc) is 2.53. The van der Waals surface area contributed by atoms with Crippen LogP contribution in [0.5, 0.6) is 0 Å². The lowest BCUT2D eigenvalue weighted by Gasteiger charge is -2.15.